The molecule has 0 fully saturated rings. The first-order chi connectivity index (χ1) is 12.0. The molecule has 130 valence electrons. The molecule has 1 N–H and O–H groups in total. The van der Waals surface area contributed by atoms with Crippen LogP contribution in [0, 0.1) is 0 Å². The maximum absolute atomic E-state index is 12.1. The van der Waals surface area contributed by atoms with Crippen LogP contribution in [0.4, 0.5) is 5.69 Å². The Morgan fingerprint density at radius 2 is 1.84 bits per heavy atom. The van der Waals surface area contributed by atoms with Crippen molar-refractivity contribution in [3.8, 4) is 5.75 Å². The highest BCUT2D eigenvalue weighted by molar-refractivity contribution is 9.10. The lowest BCUT2D eigenvalue weighted by Gasteiger charge is -2.15. The van der Waals surface area contributed by atoms with Gasteiger partial charge in [0, 0.05) is 23.3 Å². The van der Waals surface area contributed by atoms with Gasteiger partial charge in [0.05, 0.1) is 13.7 Å². The van der Waals surface area contributed by atoms with Gasteiger partial charge in [-0.3, -0.25) is 9.59 Å². The molecular weight excluding hydrogens is 384 g/mol. The first-order valence-corrected chi connectivity index (χ1v) is 8.40. The van der Waals surface area contributed by atoms with Gasteiger partial charge >= 0.3 is 0 Å². The molecule has 0 aliphatic carbocycles. The number of hydrogen-bond acceptors (Lipinski definition) is 3. The Morgan fingerprint density at radius 3 is 2.48 bits per heavy atom. The zero-order valence-electron chi connectivity index (χ0n) is 14.0. The number of rotatable bonds is 6. The molecule has 0 spiro atoms. The van der Waals surface area contributed by atoms with Crippen molar-refractivity contribution in [2.75, 3.05) is 26.0 Å². The zero-order valence-corrected chi connectivity index (χ0v) is 15.6. The second-order valence-electron chi connectivity index (χ2n) is 5.33. The van der Waals surface area contributed by atoms with Gasteiger partial charge in [-0.1, -0.05) is 34.1 Å². The van der Waals surface area contributed by atoms with Crippen LogP contribution < -0.4 is 10.1 Å². The normalized spacial score (nSPS) is 10.5. The van der Waals surface area contributed by atoms with Crippen LogP contribution in [0.25, 0.3) is 6.08 Å². The van der Waals surface area contributed by atoms with Gasteiger partial charge in [-0.25, -0.2) is 0 Å². The quantitative estimate of drug-likeness (QED) is 0.751. The third kappa shape index (κ3) is 5.76. The zero-order chi connectivity index (χ0) is 18.2. The highest BCUT2D eigenvalue weighted by atomic mass is 79.9. The molecule has 5 nitrogen and oxygen atoms in total. The Balaban J connectivity index is 1.89. The average Bonchev–Trinajstić information content (AvgIpc) is 2.61. The van der Waals surface area contributed by atoms with Crippen molar-refractivity contribution in [3.63, 3.8) is 0 Å². The van der Waals surface area contributed by atoms with E-state index in [1.54, 1.807) is 44.5 Å². The molecule has 0 aliphatic heterocycles. The standard InChI is InChI=1S/C19H19BrN2O3/c1-22(19(24)12-7-14-5-3-4-6-17(14)20)13-18(23)21-15-8-10-16(25-2)11-9-15/h3-12H,13H2,1-2H3,(H,21,23)/b12-7+. The van der Waals surface area contributed by atoms with E-state index < -0.39 is 0 Å². The number of halogens is 1. The van der Waals surface area contributed by atoms with E-state index in [9.17, 15) is 9.59 Å². The molecule has 2 aromatic carbocycles. The first kappa shape index (κ1) is 18.7. The molecule has 0 atom stereocenters. The Hall–Kier alpha value is -2.60. The molecule has 0 saturated carbocycles. The molecule has 0 bridgehead atoms. The summed E-state index contributed by atoms with van der Waals surface area (Å²) in [6, 6.07) is 14.6. The van der Waals surface area contributed by atoms with Crippen molar-refractivity contribution in [2.24, 2.45) is 0 Å². The molecule has 6 heteroatoms. The Kier molecular flexibility index (Phi) is 6.77. The number of methoxy groups -OCH3 is 1. The summed E-state index contributed by atoms with van der Waals surface area (Å²) in [6.45, 7) is -0.0365. The van der Waals surface area contributed by atoms with E-state index in [-0.39, 0.29) is 18.4 Å². The van der Waals surface area contributed by atoms with E-state index in [1.165, 1.54) is 11.0 Å². The molecule has 2 aromatic rings. The van der Waals surface area contributed by atoms with Crippen LogP contribution in [0.15, 0.2) is 59.1 Å². The summed E-state index contributed by atoms with van der Waals surface area (Å²) in [7, 11) is 3.16. The second-order valence-corrected chi connectivity index (χ2v) is 6.18. The van der Waals surface area contributed by atoms with Crippen LogP contribution in [0.5, 0.6) is 5.75 Å². The monoisotopic (exact) mass is 402 g/mol. The maximum atomic E-state index is 12.1. The van der Waals surface area contributed by atoms with E-state index in [4.69, 9.17) is 4.74 Å². The summed E-state index contributed by atoms with van der Waals surface area (Å²) in [5, 5.41) is 2.74. The SMILES string of the molecule is COc1ccc(NC(=O)CN(C)C(=O)/C=C/c2ccccc2Br)cc1. The fraction of sp³-hybridized carbons (Fsp3) is 0.158. The van der Waals surface area contributed by atoms with Crippen LogP contribution in [0.2, 0.25) is 0 Å². The van der Waals surface area contributed by atoms with Gasteiger partial charge < -0.3 is 15.0 Å². The van der Waals surface area contributed by atoms with Gasteiger partial charge in [-0.2, -0.15) is 0 Å². The minimum atomic E-state index is -0.268. The molecule has 0 aliphatic rings. The van der Waals surface area contributed by atoms with Crippen molar-refractivity contribution >= 4 is 39.5 Å². The van der Waals surface area contributed by atoms with Gasteiger partial charge in [-0.15, -0.1) is 0 Å². The highest BCUT2D eigenvalue weighted by Gasteiger charge is 2.11. The number of benzene rings is 2. The smallest absolute Gasteiger partial charge is 0.246 e. The van der Waals surface area contributed by atoms with Crippen molar-refractivity contribution in [1.29, 1.82) is 0 Å². The number of ether oxygens (including phenoxy) is 1. The summed E-state index contributed by atoms with van der Waals surface area (Å²) in [4.78, 5) is 25.5. The number of nitrogens with zero attached hydrogens (tertiary/aromatic N) is 1. The summed E-state index contributed by atoms with van der Waals surface area (Å²) in [5.41, 5.74) is 1.54. The number of carbonyl (C=O) groups excluding carboxylic acids is 2. The molecule has 0 saturated heterocycles. The van der Waals surface area contributed by atoms with Gasteiger partial charge in [0.2, 0.25) is 11.8 Å². The van der Waals surface area contributed by atoms with Crippen LogP contribution in [0.3, 0.4) is 0 Å². The molecule has 0 unspecified atom stereocenters. The van der Waals surface area contributed by atoms with Crippen molar-refractivity contribution < 1.29 is 14.3 Å². The lowest BCUT2D eigenvalue weighted by molar-refractivity contribution is -0.129. The van der Waals surface area contributed by atoms with E-state index in [0.717, 1.165) is 10.0 Å². The van der Waals surface area contributed by atoms with Crippen molar-refractivity contribution in [2.45, 2.75) is 0 Å². The summed E-state index contributed by atoms with van der Waals surface area (Å²) >= 11 is 3.42. The summed E-state index contributed by atoms with van der Waals surface area (Å²) < 4.78 is 5.97. The maximum Gasteiger partial charge on any atom is 0.246 e. The number of hydrogen-bond donors (Lipinski definition) is 1. The largest absolute Gasteiger partial charge is 0.497 e. The fourth-order valence-electron chi connectivity index (χ4n) is 2.07. The fourth-order valence-corrected chi connectivity index (χ4v) is 2.48. The third-order valence-corrected chi connectivity index (χ3v) is 4.16. The van der Waals surface area contributed by atoms with Gasteiger partial charge in [0.25, 0.3) is 0 Å². The molecule has 2 rings (SSSR count). The van der Waals surface area contributed by atoms with Crippen molar-refractivity contribution in [3.05, 3.63) is 64.6 Å². The third-order valence-electron chi connectivity index (χ3n) is 3.44. The average molecular weight is 403 g/mol. The summed E-state index contributed by atoms with van der Waals surface area (Å²) in [5.74, 6) is 0.193. The van der Waals surface area contributed by atoms with Crippen molar-refractivity contribution in [1.82, 2.24) is 4.90 Å². The Bertz CT molecular complexity index is 772. The van der Waals surface area contributed by atoms with E-state index in [0.29, 0.717) is 11.4 Å². The molecule has 0 heterocycles. The molecule has 25 heavy (non-hydrogen) atoms. The Morgan fingerprint density at radius 1 is 1.16 bits per heavy atom. The van der Waals surface area contributed by atoms with E-state index in [1.807, 2.05) is 24.3 Å². The van der Waals surface area contributed by atoms with E-state index in [2.05, 4.69) is 21.2 Å². The number of anilines is 1. The minimum Gasteiger partial charge on any atom is -0.497 e. The Labute approximate surface area is 155 Å². The second kappa shape index (κ2) is 9.03. The van der Waals surface area contributed by atoms with Gasteiger partial charge in [0.1, 0.15) is 5.75 Å². The molecule has 2 amide bonds. The van der Waals surface area contributed by atoms with Crippen LogP contribution in [-0.4, -0.2) is 37.4 Å². The minimum absolute atomic E-state index is 0.0365. The lowest BCUT2D eigenvalue weighted by atomic mass is 10.2. The number of nitrogens with one attached hydrogen (secondary N) is 1. The molecule has 0 radical (unpaired) electrons. The van der Waals surface area contributed by atoms with Crippen LogP contribution in [0.1, 0.15) is 5.56 Å². The number of amides is 2. The molecular formula is C19H19BrN2O3. The number of likely N-dealkylation sites (N-methyl/N-ethyl adjacent to an activating group) is 1. The summed E-state index contributed by atoms with van der Waals surface area (Å²) in [6.07, 6.45) is 3.16. The predicted octanol–water partition coefficient (Wildman–Crippen LogP) is 3.57. The predicted molar refractivity (Wildman–Crippen MR) is 102 cm³/mol. The van der Waals surface area contributed by atoms with Gasteiger partial charge in [-0.05, 0) is 42.0 Å². The van der Waals surface area contributed by atoms with Gasteiger partial charge in [0.15, 0.2) is 0 Å². The first-order valence-electron chi connectivity index (χ1n) is 7.61. The van der Waals surface area contributed by atoms with E-state index >= 15 is 0 Å². The number of carbonyl (C=O) groups is 2. The van der Waals surface area contributed by atoms with Crippen LogP contribution >= 0.6 is 15.9 Å². The topological polar surface area (TPSA) is 58.6 Å². The highest BCUT2D eigenvalue weighted by Crippen LogP contribution is 2.17. The molecule has 0 aromatic heterocycles. The lowest BCUT2D eigenvalue weighted by Crippen LogP contribution is -2.33. The van der Waals surface area contributed by atoms with Crippen LogP contribution in [-0.2, 0) is 9.59 Å².